The Morgan fingerprint density at radius 1 is 1.14 bits per heavy atom. The molecule has 5 nitrogen and oxygen atoms in total. The molecule has 0 saturated heterocycles. The van der Waals surface area contributed by atoms with Crippen molar-refractivity contribution in [1.29, 1.82) is 0 Å². The number of hydrogen-bond donors (Lipinski definition) is 2. The number of nitrogens with one attached hydrogen (secondary N) is 2. The van der Waals surface area contributed by atoms with Crippen LogP contribution in [0.3, 0.4) is 0 Å². The molecular formula is C21H38IN3O2S. The fourth-order valence-electron chi connectivity index (χ4n) is 2.66. The van der Waals surface area contributed by atoms with Gasteiger partial charge in [-0.15, -0.1) is 24.0 Å². The second kappa shape index (κ2) is 12.7. The van der Waals surface area contributed by atoms with Gasteiger partial charge in [0.1, 0.15) is 9.84 Å². The van der Waals surface area contributed by atoms with Crippen LogP contribution in [-0.4, -0.2) is 46.5 Å². The zero-order valence-corrected chi connectivity index (χ0v) is 21.4. The lowest BCUT2D eigenvalue weighted by Crippen LogP contribution is -2.42. The third-order valence-corrected chi connectivity index (χ3v) is 5.63. The van der Waals surface area contributed by atoms with Crippen molar-refractivity contribution in [3.05, 3.63) is 35.4 Å². The van der Waals surface area contributed by atoms with E-state index in [9.17, 15) is 8.42 Å². The Hall–Kier alpha value is -0.830. The molecule has 1 aromatic rings. The van der Waals surface area contributed by atoms with Gasteiger partial charge in [-0.2, -0.15) is 0 Å². The van der Waals surface area contributed by atoms with E-state index in [1.807, 2.05) is 0 Å². The Morgan fingerprint density at radius 2 is 1.75 bits per heavy atom. The predicted molar refractivity (Wildman–Crippen MR) is 132 cm³/mol. The van der Waals surface area contributed by atoms with Crippen molar-refractivity contribution in [3.63, 3.8) is 0 Å². The first kappa shape index (κ1) is 27.2. The molecule has 162 valence electrons. The van der Waals surface area contributed by atoms with E-state index in [1.54, 1.807) is 7.05 Å². The summed E-state index contributed by atoms with van der Waals surface area (Å²) < 4.78 is 22.7. The van der Waals surface area contributed by atoms with Crippen molar-refractivity contribution in [1.82, 2.24) is 10.6 Å². The van der Waals surface area contributed by atoms with Gasteiger partial charge in [-0.05, 0) is 41.7 Å². The monoisotopic (exact) mass is 523 g/mol. The maximum Gasteiger partial charge on any atom is 0.190 e. The van der Waals surface area contributed by atoms with E-state index in [-0.39, 0.29) is 35.1 Å². The smallest absolute Gasteiger partial charge is 0.190 e. The topological polar surface area (TPSA) is 70.6 Å². The predicted octanol–water partition coefficient (Wildman–Crippen LogP) is 3.99. The maximum atomic E-state index is 11.4. The van der Waals surface area contributed by atoms with E-state index in [2.05, 4.69) is 67.6 Å². The first-order valence-corrected chi connectivity index (χ1v) is 11.8. The van der Waals surface area contributed by atoms with Crippen LogP contribution in [0, 0.1) is 5.41 Å². The minimum Gasteiger partial charge on any atom is -0.356 e. The van der Waals surface area contributed by atoms with Gasteiger partial charge in [-0.1, -0.05) is 52.0 Å². The Balaban J connectivity index is 0.00000729. The molecule has 2 N–H and O–H groups in total. The van der Waals surface area contributed by atoms with Crippen LogP contribution in [0.5, 0.6) is 0 Å². The van der Waals surface area contributed by atoms with Crippen molar-refractivity contribution in [2.45, 2.75) is 52.9 Å². The largest absolute Gasteiger partial charge is 0.356 e. The summed E-state index contributed by atoms with van der Waals surface area (Å²) in [6.45, 7) is 10.1. The minimum atomic E-state index is -2.93. The summed E-state index contributed by atoms with van der Waals surface area (Å²) in [6, 6.07) is 8.86. The second-order valence-corrected chi connectivity index (χ2v) is 10.7. The molecule has 0 amide bonds. The first-order valence-electron chi connectivity index (χ1n) is 9.73. The summed E-state index contributed by atoms with van der Waals surface area (Å²) in [5.74, 6) is 1.54. The van der Waals surface area contributed by atoms with E-state index in [4.69, 9.17) is 0 Å². The highest BCUT2D eigenvalue weighted by molar-refractivity contribution is 14.0. The highest BCUT2D eigenvalue weighted by Gasteiger charge is 2.20. The van der Waals surface area contributed by atoms with E-state index in [0.29, 0.717) is 18.9 Å². The number of guanidine groups is 1. The highest BCUT2D eigenvalue weighted by Crippen LogP contribution is 2.19. The number of aryl methyl sites for hydroxylation is 1. The van der Waals surface area contributed by atoms with Gasteiger partial charge in [0, 0.05) is 26.4 Å². The summed E-state index contributed by atoms with van der Waals surface area (Å²) in [7, 11) is -1.17. The number of sulfone groups is 1. The van der Waals surface area contributed by atoms with Gasteiger partial charge in [-0.3, -0.25) is 4.99 Å². The molecule has 0 heterocycles. The lowest BCUT2D eigenvalue weighted by Gasteiger charge is -2.25. The Kier molecular flexibility index (Phi) is 12.3. The van der Waals surface area contributed by atoms with Crippen LogP contribution in [0.2, 0.25) is 0 Å². The highest BCUT2D eigenvalue weighted by atomic mass is 127. The van der Waals surface area contributed by atoms with Crippen LogP contribution >= 0.6 is 24.0 Å². The molecule has 0 fully saturated rings. The number of benzene rings is 1. The Morgan fingerprint density at radius 3 is 2.25 bits per heavy atom. The van der Waals surface area contributed by atoms with Crippen LogP contribution in [0.25, 0.3) is 0 Å². The maximum absolute atomic E-state index is 11.4. The van der Waals surface area contributed by atoms with Gasteiger partial charge in [0.15, 0.2) is 5.96 Å². The van der Waals surface area contributed by atoms with Crippen molar-refractivity contribution in [3.8, 4) is 0 Å². The van der Waals surface area contributed by atoms with Crippen LogP contribution in [0.4, 0.5) is 0 Å². The molecule has 0 unspecified atom stereocenters. The average Bonchev–Trinajstić information content (AvgIpc) is 2.59. The lowest BCUT2D eigenvalue weighted by atomic mass is 9.90. The van der Waals surface area contributed by atoms with Crippen LogP contribution in [-0.2, 0) is 16.3 Å². The molecule has 1 rings (SSSR count). The molecular weight excluding hydrogens is 485 g/mol. The lowest BCUT2D eigenvalue weighted by molar-refractivity contribution is 0.348. The first-order chi connectivity index (χ1) is 12.5. The van der Waals surface area contributed by atoms with Crippen molar-refractivity contribution in [2.75, 3.05) is 32.1 Å². The number of nitrogens with zero attached hydrogens (tertiary/aromatic N) is 1. The molecule has 1 aromatic carbocycles. The van der Waals surface area contributed by atoms with Gasteiger partial charge < -0.3 is 10.6 Å². The number of hydrogen-bond acceptors (Lipinski definition) is 3. The normalized spacial score (nSPS) is 12.6. The molecule has 0 aliphatic heterocycles. The molecule has 0 saturated carbocycles. The number of aliphatic imine (C=N–C) groups is 1. The van der Waals surface area contributed by atoms with E-state index in [1.165, 1.54) is 17.4 Å². The summed E-state index contributed by atoms with van der Waals surface area (Å²) in [6.07, 6.45) is 3.97. The fraction of sp³-hybridized carbons (Fsp3) is 0.667. The zero-order chi connectivity index (χ0) is 20.5. The quantitative estimate of drug-likeness (QED) is 0.211. The molecule has 28 heavy (non-hydrogen) atoms. The molecule has 0 aliphatic carbocycles. The number of rotatable bonds is 10. The van der Waals surface area contributed by atoms with E-state index < -0.39 is 9.84 Å². The van der Waals surface area contributed by atoms with Gasteiger partial charge in [0.25, 0.3) is 0 Å². The van der Waals surface area contributed by atoms with Gasteiger partial charge in [0.05, 0.1) is 5.75 Å². The van der Waals surface area contributed by atoms with Crippen molar-refractivity contribution >= 4 is 39.8 Å². The van der Waals surface area contributed by atoms with Crippen LogP contribution in [0.1, 0.15) is 57.6 Å². The van der Waals surface area contributed by atoms with Gasteiger partial charge in [0.2, 0.25) is 0 Å². The van der Waals surface area contributed by atoms with Gasteiger partial charge in [-0.25, -0.2) is 8.42 Å². The molecule has 0 atom stereocenters. The standard InChI is InChI=1S/C21H37N3O2S.HI/c1-17(2)19-11-9-18(10-12-19)8-7-14-23-20(22-5)24-16-21(3,4)13-15-27(6,25)26;/h9-12,17H,7-8,13-16H2,1-6H3,(H2,22,23,24);1H. The van der Waals surface area contributed by atoms with E-state index >= 15 is 0 Å². The Bertz CT molecular complexity index is 699. The molecule has 0 aliphatic rings. The zero-order valence-electron chi connectivity index (χ0n) is 18.2. The van der Waals surface area contributed by atoms with Crippen LogP contribution < -0.4 is 10.6 Å². The third kappa shape index (κ3) is 11.9. The van der Waals surface area contributed by atoms with Crippen molar-refractivity contribution in [2.24, 2.45) is 10.4 Å². The molecule has 0 radical (unpaired) electrons. The summed E-state index contributed by atoms with van der Waals surface area (Å²) >= 11 is 0. The second-order valence-electron chi connectivity index (χ2n) is 8.40. The SMILES string of the molecule is CN=C(NCCCc1ccc(C(C)C)cc1)NCC(C)(C)CCS(C)(=O)=O.I. The molecule has 0 bridgehead atoms. The molecule has 0 aromatic heterocycles. The van der Waals surface area contributed by atoms with Crippen LogP contribution in [0.15, 0.2) is 29.3 Å². The van der Waals surface area contributed by atoms with E-state index in [0.717, 1.165) is 25.3 Å². The molecule has 7 heteroatoms. The minimum absolute atomic E-state index is 0. The summed E-state index contributed by atoms with van der Waals surface area (Å²) in [5, 5.41) is 6.64. The van der Waals surface area contributed by atoms with Gasteiger partial charge >= 0.3 is 0 Å². The molecule has 0 spiro atoms. The summed E-state index contributed by atoms with van der Waals surface area (Å²) in [4.78, 5) is 4.25. The number of halogens is 1. The summed E-state index contributed by atoms with van der Waals surface area (Å²) in [5.41, 5.74) is 2.62. The van der Waals surface area contributed by atoms with Crippen molar-refractivity contribution < 1.29 is 8.42 Å². The average molecular weight is 524 g/mol. The Labute approximate surface area is 189 Å². The fourth-order valence-corrected chi connectivity index (χ4v) is 3.59. The third-order valence-electron chi connectivity index (χ3n) is 4.69.